The summed E-state index contributed by atoms with van der Waals surface area (Å²) in [5.74, 6) is -0.323. The number of rotatable bonds is 6. The van der Waals surface area contributed by atoms with Gasteiger partial charge in [0.25, 0.3) is 5.91 Å². The van der Waals surface area contributed by atoms with E-state index in [1.807, 2.05) is 19.2 Å². The lowest BCUT2D eigenvalue weighted by Crippen LogP contribution is -2.29. The molecule has 3 aromatic rings. The van der Waals surface area contributed by atoms with E-state index in [4.69, 9.17) is 0 Å². The van der Waals surface area contributed by atoms with Crippen LogP contribution in [-0.2, 0) is 10.0 Å². The van der Waals surface area contributed by atoms with Crippen LogP contribution in [0.15, 0.2) is 52.7 Å². The molecular formula is C22H23N3O3S2. The van der Waals surface area contributed by atoms with Crippen molar-refractivity contribution < 1.29 is 13.2 Å². The zero-order chi connectivity index (χ0) is 21.5. The lowest BCUT2D eigenvalue weighted by Gasteiger charge is -2.16. The van der Waals surface area contributed by atoms with Gasteiger partial charge >= 0.3 is 0 Å². The molecule has 156 valence electrons. The second kappa shape index (κ2) is 7.94. The molecule has 1 aromatic heterocycles. The van der Waals surface area contributed by atoms with Gasteiger partial charge in [0.15, 0.2) is 5.13 Å². The van der Waals surface area contributed by atoms with Crippen molar-refractivity contribution in [1.82, 2.24) is 9.29 Å². The summed E-state index contributed by atoms with van der Waals surface area (Å²) < 4.78 is 26.6. The SMILES string of the molecule is Cc1ccc(C)c(-c2csc(NC(=O)c3ccc(S(=O)(=O)N(C)C4CC4)cc3)n2)c1. The van der Waals surface area contributed by atoms with Gasteiger partial charge in [-0.05, 0) is 62.6 Å². The van der Waals surface area contributed by atoms with E-state index >= 15 is 0 Å². The average Bonchev–Trinajstić information content (AvgIpc) is 3.48. The van der Waals surface area contributed by atoms with Gasteiger partial charge in [0.05, 0.1) is 10.6 Å². The number of aromatic nitrogens is 1. The van der Waals surface area contributed by atoms with E-state index in [0.29, 0.717) is 10.7 Å². The first-order valence-corrected chi connectivity index (χ1v) is 12.0. The number of aryl methyl sites for hydroxylation is 2. The van der Waals surface area contributed by atoms with E-state index in [1.165, 1.54) is 39.9 Å². The zero-order valence-electron chi connectivity index (χ0n) is 17.0. The fraction of sp³-hybridized carbons (Fsp3) is 0.273. The Hall–Kier alpha value is -2.55. The van der Waals surface area contributed by atoms with E-state index in [9.17, 15) is 13.2 Å². The van der Waals surface area contributed by atoms with Gasteiger partial charge in [-0.3, -0.25) is 10.1 Å². The first-order valence-electron chi connectivity index (χ1n) is 9.68. The van der Waals surface area contributed by atoms with E-state index in [1.54, 1.807) is 7.05 Å². The Morgan fingerprint density at radius 2 is 1.83 bits per heavy atom. The molecule has 30 heavy (non-hydrogen) atoms. The largest absolute Gasteiger partial charge is 0.298 e. The molecule has 0 saturated heterocycles. The van der Waals surface area contributed by atoms with Crippen molar-refractivity contribution in [2.45, 2.75) is 37.6 Å². The number of hydrogen-bond acceptors (Lipinski definition) is 5. The minimum atomic E-state index is -3.52. The van der Waals surface area contributed by atoms with Crippen molar-refractivity contribution >= 4 is 32.4 Å². The second-order valence-corrected chi connectivity index (χ2v) is 10.4. The summed E-state index contributed by atoms with van der Waals surface area (Å²) in [6.45, 7) is 4.06. The zero-order valence-corrected chi connectivity index (χ0v) is 18.7. The summed E-state index contributed by atoms with van der Waals surface area (Å²) in [5.41, 5.74) is 4.52. The van der Waals surface area contributed by atoms with Crippen LogP contribution >= 0.6 is 11.3 Å². The Bertz CT molecular complexity index is 1200. The average molecular weight is 442 g/mol. The second-order valence-electron chi connectivity index (χ2n) is 7.59. The normalized spacial score (nSPS) is 14.1. The maximum Gasteiger partial charge on any atom is 0.257 e. The van der Waals surface area contributed by atoms with Gasteiger partial charge in [-0.25, -0.2) is 13.4 Å². The molecule has 1 N–H and O–H groups in total. The van der Waals surface area contributed by atoms with E-state index < -0.39 is 10.0 Å². The van der Waals surface area contributed by atoms with Gasteiger partial charge in [0.2, 0.25) is 10.0 Å². The summed E-state index contributed by atoms with van der Waals surface area (Å²) >= 11 is 1.36. The Kier molecular flexibility index (Phi) is 5.48. The summed E-state index contributed by atoms with van der Waals surface area (Å²) in [7, 11) is -1.92. The molecule has 1 aliphatic rings. The third kappa shape index (κ3) is 4.16. The van der Waals surface area contributed by atoms with Crippen molar-refractivity contribution in [2.24, 2.45) is 0 Å². The van der Waals surface area contributed by atoms with Crippen molar-refractivity contribution in [3.05, 3.63) is 64.5 Å². The van der Waals surface area contributed by atoms with Crippen molar-refractivity contribution in [3.63, 3.8) is 0 Å². The van der Waals surface area contributed by atoms with Crippen LogP contribution in [0.4, 0.5) is 5.13 Å². The monoisotopic (exact) mass is 441 g/mol. The summed E-state index contributed by atoms with van der Waals surface area (Å²) in [4.78, 5) is 17.3. The van der Waals surface area contributed by atoms with Crippen molar-refractivity contribution in [3.8, 4) is 11.3 Å². The number of anilines is 1. The summed E-state index contributed by atoms with van der Waals surface area (Å²) in [6, 6.07) is 12.3. The predicted octanol–water partition coefficient (Wildman–Crippen LogP) is 4.46. The molecule has 1 fully saturated rings. The molecular weight excluding hydrogens is 418 g/mol. The highest BCUT2D eigenvalue weighted by Crippen LogP contribution is 2.31. The van der Waals surface area contributed by atoms with Gasteiger partial charge in [-0.1, -0.05) is 17.7 Å². The van der Waals surface area contributed by atoms with Gasteiger partial charge in [-0.15, -0.1) is 11.3 Å². The number of carbonyl (C=O) groups excluding carboxylic acids is 1. The fourth-order valence-electron chi connectivity index (χ4n) is 3.21. The molecule has 1 saturated carbocycles. The lowest BCUT2D eigenvalue weighted by molar-refractivity contribution is 0.102. The summed E-state index contributed by atoms with van der Waals surface area (Å²) in [5, 5.41) is 5.22. The third-order valence-electron chi connectivity index (χ3n) is 5.25. The molecule has 4 rings (SSSR count). The molecule has 1 heterocycles. The highest BCUT2D eigenvalue weighted by Gasteiger charge is 2.35. The van der Waals surface area contributed by atoms with Crippen LogP contribution in [0.2, 0.25) is 0 Å². The van der Waals surface area contributed by atoms with Crippen LogP contribution in [0.1, 0.15) is 34.3 Å². The molecule has 1 amide bonds. The van der Waals surface area contributed by atoms with Crippen LogP contribution in [0.25, 0.3) is 11.3 Å². The van der Waals surface area contributed by atoms with E-state index in [2.05, 4.69) is 28.5 Å². The minimum Gasteiger partial charge on any atom is -0.298 e. The van der Waals surface area contributed by atoms with E-state index in [-0.39, 0.29) is 16.8 Å². The predicted molar refractivity (Wildman–Crippen MR) is 119 cm³/mol. The molecule has 0 bridgehead atoms. The number of nitrogens with one attached hydrogen (secondary N) is 1. The quantitative estimate of drug-likeness (QED) is 0.612. The molecule has 1 aliphatic carbocycles. The number of carbonyl (C=O) groups is 1. The molecule has 6 nitrogen and oxygen atoms in total. The Labute approximate surface area is 180 Å². The van der Waals surface area contributed by atoms with Crippen LogP contribution in [0.3, 0.4) is 0 Å². The maximum atomic E-state index is 12.6. The minimum absolute atomic E-state index is 0.0918. The highest BCUT2D eigenvalue weighted by atomic mass is 32.2. The summed E-state index contributed by atoms with van der Waals surface area (Å²) in [6.07, 6.45) is 1.79. The number of thiazole rings is 1. The molecule has 0 unspecified atom stereocenters. The van der Waals surface area contributed by atoms with Crippen molar-refractivity contribution in [1.29, 1.82) is 0 Å². The van der Waals surface area contributed by atoms with Gasteiger partial charge in [-0.2, -0.15) is 4.31 Å². The number of sulfonamides is 1. The van der Waals surface area contributed by atoms with Crippen LogP contribution < -0.4 is 5.32 Å². The van der Waals surface area contributed by atoms with Gasteiger partial charge in [0, 0.05) is 29.6 Å². The lowest BCUT2D eigenvalue weighted by atomic mass is 10.0. The molecule has 2 aromatic carbocycles. The highest BCUT2D eigenvalue weighted by molar-refractivity contribution is 7.89. The molecule has 8 heteroatoms. The van der Waals surface area contributed by atoms with Gasteiger partial charge in [0.1, 0.15) is 0 Å². The number of amides is 1. The molecule has 0 spiro atoms. The Morgan fingerprint density at radius 1 is 1.13 bits per heavy atom. The molecule has 0 atom stereocenters. The number of hydrogen-bond donors (Lipinski definition) is 1. The topological polar surface area (TPSA) is 79.4 Å². The van der Waals surface area contributed by atoms with Crippen molar-refractivity contribution in [2.75, 3.05) is 12.4 Å². The standard InChI is InChI=1S/C22H23N3O3S2/c1-14-4-5-15(2)19(12-14)20-13-29-22(23-20)24-21(26)16-6-10-18(11-7-16)30(27,28)25(3)17-8-9-17/h4-7,10-13,17H,8-9H2,1-3H3,(H,23,24,26). The number of benzene rings is 2. The van der Waals surface area contributed by atoms with Crippen LogP contribution in [-0.4, -0.2) is 36.7 Å². The number of nitrogens with zero attached hydrogens (tertiary/aromatic N) is 2. The molecule has 0 radical (unpaired) electrons. The third-order valence-corrected chi connectivity index (χ3v) is 7.93. The van der Waals surface area contributed by atoms with E-state index in [0.717, 1.165) is 35.2 Å². The Balaban J connectivity index is 1.48. The maximum absolute atomic E-state index is 12.6. The molecule has 0 aliphatic heterocycles. The Morgan fingerprint density at radius 3 is 2.50 bits per heavy atom. The van der Waals surface area contributed by atoms with Crippen LogP contribution in [0.5, 0.6) is 0 Å². The van der Waals surface area contributed by atoms with Gasteiger partial charge < -0.3 is 0 Å². The first-order chi connectivity index (χ1) is 14.3. The fourth-order valence-corrected chi connectivity index (χ4v) is 5.34. The van der Waals surface area contributed by atoms with Crippen LogP contribution in [0, 0.1) is 13.8 Å². The first kappa shape index (κ1) is 20.7. The smallest absolute Gasteiger partial charge is 0.257 e.